The fourth-order valence-corrected chi connectivity index (χ4v) is 7.79. The third-order valence-electron chi connectivity index (χ3n) is 12.4. The summed E-state index contributed by atoms with van der Waals surface area (Å²) < 4.78 is 20.3. The molecule has 0 aliphatic heterocycles. The Kier molecular flexibility index (Phi) is 50.5. The Morgan fingerprint density at radius 3 is 0.717 bits per heavy atom. The molecular formula is C55H108ClNO3. The van der Waals surface area contributed by atoms with Gasteiger partial charge in [0.2, 0.25) is 0 Å². The molecule has 60 heavy (non-hydrogen) atoms. The largest absolute Gasteiger partial charge is 1.00 e. The Balaban J connectivity index is 0. The van der Waals surface area contributed by atoms with Gasteiger partial charge >= 0.3 is 0 Å². The van der Waals surface area contributed by atoms with Crippen LogP contribution in [0.2, 0.25) is 0 Å². The van der Waals surface area contributed by atoms with Crippen LogP contribution in [0.1, 0.15) is 252 Å². The number of hydrogen-bond acceptors (Lipinski definition) is 3. The molecule has 0 saturated carbocycles. The lowest BCUT2D eigenvalue weighted by Gasteiger charge is -2.45. The molecule has 0 heterocycles. The van der Waals surface area contributed by atoms with Crippen LogP contribution in [0.5, 0.6) is 0 Å². The van der Waals surface area contributed by atoms with Crippen LogP contribution >= 0.6 is 0 Å². The maximum Gasteiger partial charge on any atom is 0.169 e. The molecule has 0 unspecified atom stereocenters. The summed E-state index contributed by atoms with van der Waals surface area (Å²) in [6.45, 7) is 11.5. The van der Waals surface area contributed by atoms with Crippen molar-refractivity contribution in [3.63, 3.8) is 0 Å². The van der Waals surface area contributed by atoms with Crippen LogP contribution in [0.4, 0.5) is 0 Å². The molecule has 0 rings (SSSR count). The molecule has 0 aromatic heterocycles. The zero-order valence-electron chi connectivity index (χ0n) is 41.7. The molecule has 0 amide bonds. The minimum absolute atomic E-state index is 0. The highest BCUT2D eigenvalue weighted by atomic mass is 35.5. The molecule has 0 N–H and O–H groups in total. The maximum absolute atomic E-state index is 6.50. The Bertz CT molecular complexity index is 794. The molecule has 0 radical (unpaired) electrons. The average Bonchev–Trinajstić information content (AvgIpc) is 3.22. The fraction of sp³-hybridized carbons (Fsp3) is 0.891. The summed E-state index contributed by atoms with van der Waals surface area (Å²) in [5.74, 6) is 0. The van der Waals surface area contributed by atoms with Gasteiger partial charge in [0.25, 0.3) is 0 Å². The molecule has 0 aromatic carbocycles. The highest BCUT2D eigenvalue weighted by Crippen LogP contribution is 2.23. The highest BCUT2D eigenvalue weighted by molar-refractivity contribution is 4.83. The van der Waals surface area contributed by atoms with Crippen molar-refractivity contribution in [3.05, 3.63) is 36.5 Å². The number of unbranched alkanes of at least 4 members (excludes halogenated alkanes) is 30. The SMILES string of the molecule is CCCCCC/C=C\CCCCCCCCOCC(COCCCCCCCC/C=C\CCCCCC)(COCCCCCCCC/C=C\CCCCCC)[N+](C)(C)C.[Cl-]. The van der Waals surface area contributed by atoms with E-state index < -0.39 is 0 Å². The zero-order chi connectivity index (χ0) is 43.1. The van der Waals surface area contributed by atoms with E-state index in [2.05, 4.69) is 78.4 Å². The Hall–Kier alpha value is -0.650. The minimum Gasteiger partial charge on any atom is -1.00 e. The van der Waals surface area contributed by atoms with E-state index in [-0.39, 0.29) is 17.9 Å². The van der Waals surface area contributed by atoms with Gasteiger partial charge in [-0.3, -0.25) is 0 Å². The van der Waals surface area contributed by atoms with Crippen molar-refractivity contribution in [2.45, 2.75) is 257 Å². The van der Waals surface area contributed by atoms with Gasteiger partial charge in [0.05, 0.1) is 21.1 Å². The van der Waals surface area contributed by atoms with E-state index in [1.165, 1.54) is 212 Å². The molecule has 0 aliphatic rings. The molecule has 0 spiro atoms. The number of nitrogens with zero attached hydrogens (tertiary/aromatic N) is 1. The number of rotatable bonds is 49. The normalized spacial score (nSPS) is 12.5. The molecule has 0 bridgehead atoms. The molecule has 0 atom stereocenters. The number of ether oxygens (including phenoxy) is 3. The van der Waals surface area contributed by atoms with Gasteiger partial charge in [-0.25, -0.2) is 0 Å². The smallest absolute Gasteiger partial charge is 0.169 e. The Labute approximate surface area is 384 Å². The first kappa shape index (κ1) is 61.4. The Morgan fingerprint density at radius 2 is 0.500 bits per heavy atom. The number of hydrogen-bond donors (Lipinski definition) is 0. The van der Waals surface area contributed by atoms with Crippen LogP contribution in [-0.2, 0) is 14.2 Å². The van der Waals surface area contributed by atoms with Crippen LogP contribution in [-0.4, -0.2) is 70.8 Å². The van der Waals surface area contributed by atoms with Crippen LogP contribution in [0.25, 0.3) is 0 Å². The second kappa shape index (κ2) is 49.4. The Morgan fingerprint density at radius 1 is 0.300 bits per heavy atom. The molecule has 358 valence electrons. The lowest BCUT2D eigenvalue weighted by atomic mass is 9.98. The van der Waals surface area contributed by atoms with E-state index in [1.807, 2.05) is 0 Å². The van der Waals surface area contributed by atoms with Crippen molar-refractivity contribution in [2.75, 3.05) is 60.8 Å². The molecule has 5 heteroatoms. The van der Waals surface area contributed by atoms with E-state index in [0.29, 0.717) is 19.8 Å². The average molecular weight is 867 g/mol. The number of quaternary nitrogens is 1. The van der Waals surface area contributed by atoms with Crippen LogP contribution in [0.15, 0.2) is 36.5 Å². The summed E-state index contributed by atoms with van der Waals surface area (Å²) in [5.41, 5.74) is -0.198. The number of allylic oxidation sites excluding steroid dienone is 6. The highest BCUT2D eigenvalue weighted by Gasteiger charge is 2.44. The molecule has 0 aromatic rings. The first-order valence-corrected chi connectivity index (χ1v) is 26.4. The first-order valence-electron chi connectivity index (χ1n) is 26.4. The second-order valence-corrected chi connectivity index (χ2v) is 19.1. The molecule has 0 fully saturated rings. The second-order valence-electron chi connectivity index (χ2n) is 19.1. The van der Waals surface area contributed by atoms with E-state index in [1.54, 1.807) is 0 Å². The predicted molar refractivity (Wildman–Crippen MR) is 264 cm³/mol. The van der Waals surface area contributed by atoms with Gasteiger partial charge in [-0.15, -0.1) is 0 Å². The van der Waals surface area contributed by atoms with Crippen molar-refractivity contribution in [1.82, 2.24) is 0 Å². The van der Waals surface area contributed by atoms with E-state index in [0.717, 1.165) is 43.6 Å². The standard InChI is InChI=1S/C55H108NO3.ClH/c1-7-10-13-16-19-22-25-28-31-34-37-40-43-46-49-57-52-55(56(4,5)6,53-58-50-47-44-41-38-35-32-29-26-23-20-17-14-11-8-2)54-59-51-48-45-42-39-36-33-30-27-24-21-18-15-12-9-3;/h22-27H,7-21,28-54H2,1-6H3;1H/q+1;/p-1/b25-22-,26-23-,27-24-;. The lowest BCUT2D eigenvalue weighted by Crippen LogP contribution is -3.00. The van der Waals surface area contributed by atoms with Crippen molar-refractivity contribution >= 4 is 0 Å². The zero-order valence-corrected chi connectivity index (χ0v) is 42.5. The van der Waals surface area contributed by atoms with Crippen LogP contribution in [0.3, 0.4) is 0 Å². The van der Waals surface area contributed by atoms with Crippen LogP contribution in [0, 0.1) is 0 Å². The summed E-state index contributed by atoms with van der Waals surface area (Å²) in [4.78, 5) is 0. The first-order chi connectivity index (χ1) is 28.9. The lowest BCUT2D eigenvalue weighted by molar-refractivity contribution is -0.926. The van der Waals surface area contributed by atoms with Gasteiger partial charge in [-0.05, 0) is 96.3 Å². The van der Waals surface area contributed by atoms with E-state index in [9.17, 15) is 0 Å². The van der Waals surface area contributed by atoms with Gasteiger partial charge in [0.1, 0.15) is 19.8 Å². The monoisotopic (exact) mass is 866 g/mol. The molecule has 4 nitrogen and oxygen atoms in total. The molecular weight excluding hydrogens is 758 g/mol. The van der Waals surface area contributed by atoms with Crippen LogP contribution < -0.4 is 12.4 Å². The number of likely N-dealkylation sites (N-methyl/N-ethyl adjacent to an activating group) is 1. The maximum atomic E-state index is 6.50. The summed E-state index contributed by atoms with van der Waals surface area (Å²) in [6, 6.07) is 0. The summed E-state index contributed by atoms with van der Waals surface area (Å²) in [7, 11) is 6.92. The third kappa shape index (κ3) is 42.6. The van der Waals surface area contributed by atoms with Gasteiger partial charge in [0, 0.05) is 19.8 Å². The minimum atomic E-state index is -0.198. The van der Waals surface area contributed by atoms with Gasteiger partial charge in [-0.2, -0.15) is 0 Å². The fourth-order valence-electron chi connectivity index (χ4n) is 7.79. The summed E-state index contributed by atoms with van der Waals surface area (Å²) in [6.07, 6.45) is 61.8. The van der Waals surface area contributed by atoms with Crippen molar-refractivity contribution < 1.29 is 31.1 Å². The van der Waals surface area contributed by atoms with Gasteiger partial charge in [0.15, 0.2) is 5.54 Å². The summed E-state index contributed by atoms with van der Waals surface area (Å²) >= 11 is 0. The molecule has 0 aliphatic carbocycles. The van der Waals surface area contributed by atoms with E-state index in [4.69, 9.17) is 14.2 Å². The molecule has 0 saturated heterocycles. The van der Waals surface area contributed by atoms with Gasteiger partial charge < -0.3 is 31.1 Å². The predicted octanol–water partition coefficient (Wildman–Crippen LogP) is 14.3. The van der Waals surface area contributed by atoms with Crippen molar-refractivity contribution in [2.24, 2.45) is 0 Å². The number of halogens is 1. The van der Waals surface area contributed by atoms with Crippen molar-refractivity contribution in [3.8, 4) is 0 Å². The van der Waals surface area contributed by atoms with Crippen molar-refractivity contribution in [1.29, 1.82) is 0 Å². The third-order valence-corrected chi connectivity index (χ3v) is 12.4. The van der Waals surface area contributed by atoms with Gasteiger partial charge in [-0.1, -0.05) is 192 Å². The topological polar surface area (TPSA) is 27.7 Å². The van der Waals surface area contributed by atoms with E-state index >= 15 is 0 Å². The quantitative estimate of drug-likeness (QED) is 0.0346. The summed E-state index contributed by atoms with van der Waals surface area (Å²) in [5, 5.41) is 0.